The molecule has 0 bridgehead atoms. The standard InChI is InChI=1S/C15H26N2O2/c1-2-3-4-5-6-7-8-9-10-12-15(18)19-17-14-11-13-16-17/h11,13-14H,2-10,12H2,1H3. The van der Waals surface area contributed by atoms with Crippen molar-refractivity contribution in [1.29, 1.82) is 0 Å². The third-order valence-electron chi connectivity index (χ3n) is 3.16. The average Bonchev–Trinajstić information content (AvgIpc) is 2.89. The Bertz CT molecular complexity index is 323. The van der Waals surface area contributed by atoms with Crippen LogP contribution in [0, 0.1) is 0 Å². The lowest BCUT2D eigenvalue weighted by molar-refractivity contribution is -0.145. The summed E-state index contributed by atoms with van der Waals surface area (Å²) in [6.07, 6.45) is 14.9. The summed E-state index contributed by atoms with van der Waals surface area (Å²) in [6, 6.07) is 1.73. The van der Waals surface area contributed by atoms with E-state index in [0.29, 0.717) is 6.42 Å². The van der Waals surface area contributed by atoms with E-state index in [-0.39, 0.29) is 5.97 Å². The van der Waals surface area contributed by atoms with Gasteiger partial charge in [0.2, 0.25) is 0 Å². The van der Waals surface area contributed by atoms with E-state index < -0.39 is 0 Å². The van der Waals surface area contributed by atoms with E-state index in [1.165, 1.54) is 49.8 Å². The molecule has 0 atom stereocenters. The smallest absolute Gasteiger partial charge is 0.319 e. The van der Waals surface area contributed by atoms with Crippen LogP contribution in [0.3, 0.4) is 0 Å². The molecule has 0 amide bonds. The lowest BCUT2D eigenvalue weighted by atomic mass is 10.1. The first kappa shape index (κ1) is 15.7. The molecule has 4 heteroatoms. The third kappa shape index (κ3) is 8.41. The molecule has 0 aromatic carbocycles. The Labute approximate surface area is 116 Å². The van der Waals surface area contributed by atoms with Crippen LogP contribution in [0.25, 0.3) is 0 Å². The normalized spacial score (nSPS) is 10.6. The van der Waals surface area contributed by atoms with Gasteiger partial charge in [0, 0.05) is 6.42 Å². The summed E-state index contributed by atoms with van der Waals surface area (Å²) in [5.74, 6) is -0.202. The summed E-state index contributed by atoms with van der Waals surface area (Å²) >= 11 is 0. The molecule has 1 rings (SSSR count). The van der Waals surface area contributed by atoms with Crippen LogP contribution in [-0.2, 0) is 4.79 Å². The molecule has 0 saturated carbocycles. The topological polar surface area (TPSA) is 44.1 Å². The quantitative estimate of drug-likeness (QED) is 0.573. The molecule has 0 N–H and O–H groups in total. The van der Waals surface area contributed by atoms with Crippen molar-refractivity contribution in [3.8, 4) is 0 Å². The second-order valence-electron chi connectivity index (χ2n) is 4.95. The Hall–Kier alpha value is -1.32. The van der Waals surface area contributed by atoms with Gasteiger partial charge < -0.3 is 4.84 Å². The fraction of sp³-hybridized carbons (Fsp3) is 0.733. The van der Waals surface area contributed by atoms with Crippen LogP contribution in [0.5, 0.6) is 0 Å². The Balaban J connectivity index is 1.86. The Morgan fingerprint density at radius 3 is 2.26 bits per heavy atom. The molecule has 0 radical (unpaired) electrons. The van der Waals surface area contributed by atoms with Crippen molar-refractivity contribution in [2.75, 3.05) is 0 Å². The van der Waals surface area contributed by atoms with E-state index in [4.69, 9.17) is 4.84 Å². The van der Waals surface area contributed by atoms with Crippen molar-refractivity contribution in [1.82, 2.24) is 9.94 Å². The van der Waals surface area contributed by atoms with E-state index in [9.17, 15) is 4.79 Å². The van der Waals surface area contributed by atoms with Crippen molar-refractivity contribution < 1.29 is 9.63 Å². The highest BCUT2D eigenvalue weighted by molar-refractivity contribution is 5.69. The predicted molar refractivity (Wildman–Crippen MR) is 75.7 cm³/mol. The van der Waals surface area contributed by atoms with Crippen molar-refractivity contribution in [3.63, 3.8) is 0 Å². The maximum absolute atomic E-state index is 11.4. The van der Waals surface area contributed by atoms with Crippen molar-refractivity contribution in [2.24, 2.45) is 0 Å². The number of hydrogen-bond acceptors (Lipinski definition) is 3. The first-order chi connectivity index (χ1) is 9.33. The van der Waals surface area contributed by atoms with Gasteiger partial charge >= 0.3 is 5.97 Å². The highest BCUT2D eigenvalue weighted by Gasteiger charge is 2.04. The minimum atomic E-state index is -0.202. The highest BCUT2D eigenvalue weighted by Crippen LogP contribution is 2.10. The molecule has 0 aliphatic heterocycles. The molecule has 0 aliphatic carbocycles. The van der Waals surface area contributed by atoms with Gasteiger partial charge in [0.05, 0.1) is 12.4 Å². The minimum absolute atomic E-state index is 0.202. The second-order valence-corrected chi connectivity index (χ2v) is 4.95. The summed E-state index contributed by atoms with van der Waals surface area (Å²) in [5.41, 5.74) is 0. The number of carbonyl (C=O) groups is 1. The molecule has 4 nitrogen and oxygen atoms in total. The zero-order valence-electron chi connectivity index (χ0n) is 12.0. The summed E-state index contributed by atoms with van der Waals surface area (Å²) in [6.45, 7) is 2.24. The van der Waals surface area contributed by atoms with Crippen molar-refractivity contribution in [3.05, 3.63) is 18.5 Å². The number of aromatic nitrogens is 2. The van der Waals surface area contributed by atoms with Gasteiger partial charge in [-0.3, -0.25) is 0 Å². The lowest BCUT2D eigenvalue weighted by Gasteiger charge is -2.03. The summed E-state index contributed by atoms with van der Waals surface area (Å²) in [7, 11) is 0. The Kier molecular flexibility index (Phi) is 8.77. The van der Waals surface area contributed by atoms with Crippen molar-refractivity contribution in [2.45, 2.75) is 71.1 Å². The van der Waals surface area contributed by atoms with Crippen molar-refractivity contribution >= 4 is 5.97 Å². The van der Waals surface area contributed by atoms with Crippen LogP contribution < -0.4 is 4.84 Å². The fourth-order valence-corrected chi connectivity index (χ4v) is 2.04. The van der Waals surface area contributed by atoms with Crippen LogP contribution in [0.2, 0.25) is 0 Å². The molecule has 1 heterocycles. The highest BCUT2D eigenvalue weighted by atomic mass is 16.7. The maximum atomic E-state index is 11.4. The number of unbranched alkanes of at least 4 members (excludes halogenated alkanes) is 8. The van der Waals surface area contributed by atoms with Crippen LogP contribution >= 0.6 is 0 Å². The summed E-state index contributed by atoms with van der Waals surface area (Å²) in [5, 5.41) is 3.82. The molecular weight excluding hydrogens is 240 g/mol. The van der Waals surface area contributed by atoms with Crippen LogP contribution in [0.15, 0.2) is 18.5 Å². The SMILES string of the molecule is CCCCCCCCCCCC(=O)On1cccn1. The maximum Gasteiger partial charge on any atom is 0.334 e. The first-order valence-corrected chi connectivity index (χ1v) is 7.53. The van der Waals surface area contributed by atoms with Gasteiger partial charge in [-0.2, -0.15) is 0 Å². The Morgan fingerprint density at radius 1 is 1.05 bits per heavy atom. The monoisotopic (exact) mass is 266 g/mol. The van der Waals surface area contributed by atoms with Crippen LogP contribution in [0.1, 0.15) is 71.1 Å². The van der Waals surface area contributed by atoms with E-state index >= 15 is 0 Å². The minimum Gasteiger partial charge on any atom is -0.319 e. The molecule has 108 valence electrons. The first-order valence-electron chi connectivity index (χ1n) is 7.53. The zero-order chi connectivity index (χ0) is 13.8. The number of hydrogen-bond donors (Lipinski definition) is 0. The van der Waals surface area contributed by atoms with Gasteiger partial charge in [0.1, 0.15) is 0 Å². The fourth-order valence-electron chi connectivity index (χ4n) is 2.04. The lowest BCUT2D eigenvalue weighted by Crippen LogP contribution is -2.19. The van der Waals surface area contributed by atoms with Crippen LogP contribution in [-0.4, -0.2) is 15.9 Å². The van der Waals surface area contributed by atoms with E-state index in [0.717, 1.165) is 12.8 Å². The summed E-state index contributed by atoms with van der Waals surface area (Å²) in [4.78, 5) is 17.6. The van der Waals surface area contributed by atoms with Crippen LogP contribution in [0.4, 0.5) is 0 Å². The number of carbonyl (C=O) groups excluding carboxylic acids is 1. The van der Waals surface area contributed by atoms with E-state index in [1.807, 2.05) is 0 Å². The van der Waals surface area contributed by atoms with E-state index in [1.54, 1.807) is 18.5 Å². The zero-order valence-corrected chi connectivity index (χ0v) is 12.0. The molecule has 0 unspecified atom stereocenters. The molecule has 0 fully saturated rings. The van der Waals surface area contributed by atoms with Gasteiger partial charge in [-0.25, -0.2) is 4.79 Å². The van der Waals surface area contributed by atoms with Gasteiger partial charge in [0.25, 0.3) is 0 Å². The average molecular weight is 266 g/mol. The molecule has 1 aromatic rings. The summed E-state index contributed by atoms with van der Waals surface area (Å²) < 4.78 is 0. The molecule has 0 aliphatic rings. The third-order valence-corrected chi connectivity index (χ3v) is 3.16. The molecule has 1 aromatic heterocycles. The second kappa shape index (κ2) is 10.6. The van der Waals surface area contributed by atoms with Gasteiger partial charge in [-0.05, 0) is 12.5 Å². The molecule has 0 saturated heterocycles. The molecular formula is C15H26N2O2. The Morgan fingerprint density at radius 2 is 1.68 bits per heavy atom. The van der Waals surface area contributed by atoms with Gasteiger partial charge in [-0.15, -0.1) is 5.10 Å². The number of nitrogens with zero attached hydrogens (tertiary/aromatic N) is 2. The number of rotatable bonds is 11. The van der Waals surface area contributed by atoms with E-state index in [2.05, 4.69) is 12.0 Å². The molecule has 19 heavy (non-hydrogen) atoms. The van der Waals surface area contributed by atoms with Gasteiger partial charge in [0.15, 0.2) is 0 Å². The largest absolute Gasteiger partial charge is 0.334 e. The van der Waals surface area contributed by atoms with Gasteiger partial charge in [-0.1, -0.05) is 63.1 Å². The molecule has 0 spiro atoms. The predicted octanol–water partition coefficient (Wildman–Crippen LogP) is 3.76.